The summed E-state index contributed by atoms with van der Waals surface area (Å²) in [5, 5.41) is 1.91. The van der Waals surface area contributed by atoms with E-state index in [0.717, 1.165) is 0 Å². The van der Waals surface area contributed by atoms with Gasteiger partial charge in [0, 0.05) is 24.5 Å². The summed E-state index contributed by atoms with van der Waals surface area (Å²) < 4.78 is 9.35. The molecule has 0 aromatic rings. The molecule has 22 heavy (non-hydrogen) atoms. The van der Waals surface area contributed by atoms with E-state index >= 15 is 0 Å². The van der Waals surface area contributed by atoms with Gasteiger partial charge < -0.3 is 14.8 Å². The number of Topliss-reactive ketones (excluding diaryl/α,β-unsaturated/α-hetero) is 1. The Balaban J connectivity index is 2.84. The molecule has 4 atom stereocenters. The zero-order valence-corrected chi connectivity index (χ0v) is 13.7. The molecule has 0 aromatic carbocycles. The molecule has 1 aliphatic carbocycles. The van der Waals surface area contributed by atoms with Crippen LogP contribution in [-0.2, 0) is 28.7 Å². The van der Waals surface area contributed by atoms with Crippen LogP contribution in [0.15, 0.2) is 0 Å². The Hall–Kier alpha value is -1.57. The van der Waals surface area contributed by atoms with E-state index in [9.17, 15) is 19.2 Å². The van der Waals surface area contributed by atoms with Crippen LogP contribution in [0.1, 0.15) is 26.2 Å². The number of amides is 1. The van der Waals surface area contributed by atoms with Crippen molar-refractivity contribution in [3.05, 3.63) is 0 Å². The number of nitrogens with one attached hydrogen (secondary N) is 1. The number of rotatable bonds is 6. The fourth-order valence-electron chi connectivity index (χ4n) is 2.76. The van der Waals surface area contributed by atoms with E-state index in [-0.39, 0.29) is 18.6 Å². The van der Waals surface area contributed by atoms with E-state index < -0.39 is 41.0 Å². The number of ether oxygens (including phenoxy) is 2. The molecule has 0 heterocycles. The number of hydrogen-bond donors (Lipinski definition) is 2. The van der Waals surface area contributed by atoms with Gasteiger partial charge in [0.15, 0.2) is 0 Å². The van der Waals surface area contributed by atoms with Gasteiger partial charge in [-0.25, -0.2) is 4.79 Å². The van der Waals surface area contributed by atoms with Crippen LogP contribution in [-0.4, -0.2) is 49.1 Å². The van der Waals surface area contributed by atoms with E-state index in [4.69, 9.17) is 4.74 Å². The van der Waals surface area contributed by atoms with E-state index in [2.05, 4.69) is 22.7 Å². The van der Waals surface area contributed by atoms with Gasteiger partial charge in [-0.3, -0.25) is 14.4 Å². The summed E-state index contributed by atoms with van der Waals surface area (Å²) in [6.45, 7) is 1.28. The second-order valence-corrected chi connectivity index (χ2v) is 5.90. The van der Waals surface area contributed by atoms with Crippen LogP contribution in [0, 0.1) is 11.8 Å². The first-order valence-electron chi connectivity index (χ1n) is 6.95. The Kier molecular flexibility index (Phi) is 6.86. The largest absolute Gasteiger partial charge is 0.469 e. The minimum Gasteiger partial charge on any atom is -0.469 e. The summed E-state index contributed by atoms with van der Waals surface area (Å²) in [6.07, 6.45) is 0.792. The SMILES string of the molecule is COC(=O)C(CC(S)C1C(=O)CCC1C(=O)OC)NC(C)=O. The highest BCUT2D eigenvalue weighted by atomic mass is 32.1. The fraction of sp³-hybridized carbons (Fsp3) is 0.714. The van der Waals surface area contributed by atoms with Crippen LogP contribution in [0.25, 0.3) is 0 Å². The average Bonchev–Trinajstić information content (AvgIpc) is 2.86. The third-order valence-electron chi connectivity index (χ3n) is 3.77. The molecular weight excluding hydrogens is 310 g/mol. The standard InChI is InChI=1S/C14H21NO6S/c1-7(16)15-9(14(19)21-3)6-11(22)12-8(13(18)20-2)4-5-10(12)17/h8-9,11-12,22H,4-6H2,1-3H3,(H,15,16). The molecule has 1 fully saturated rings. The number of carbonyl (C=O) groups is 4. The van der Waals surface area contributed by atoms with E-state index in [1.807, 2.05) is 0 Å². The van der Waals surface area contributed by atoms with Crippen molar-refractivity contribution in [3.8, 4) is 0 Å². The smallest absolute Gasteiger partial charge is 0.328 e. The summed E-state index contributed by atoms with van der Waals surface area (Å²) >= 11 is 4.38. The van der Waals surface area contributed by atoms with Crippen molar-refractivity contribution >= 4 is 36.3 Å². The van der Waals surface area contributed by atoms with Gasteiger partial charge >= 0.3 is 11.9 Å². The Morgan fingerprint density at radius 3 is 2.45 bits per heavy atom. The van der Waals surface area contributed by atoms with Crippen molar-refractivity contribution in [2.24, 2.45) is 11.8 Å². The molecule has 124 valence electrons. The third kappa shape index (κ3) is 4.46. The van der Waals surface area contributed by atoms with E-state index in [1.54, 1.807) is 0 Å². The van der Waals surface area contributed by atoms with Gasteiger partial charge in [-0.1, -0.05) is 0 Å². The number of carbonyl (C=O) groups excluding carboxylic acids is 4. The summed E-state index contributed by atoms with van der Waals surface area (Å²) in [5.74, 6) is -2.73. The average molecular weight is 331 g/mol. The van der Waals surface area contributed by atoms with Crippen molar-refractivity contribution in [2.45, 2.75) is 37.5 Å². The number of ketones is 1. The Morgan fingerprint density at radius 2 is 1.95 bits per heavy atom. The Bertz CT molecular complexity index is 466. The van der Waals surface area contributed by atoms with E-state index in [0.29, 0.717) is 6.42 Å². The van der Waals surface area contributed by atoms with Gasteiger partial charge in [0.25, 0.3) is 0 Å². The predicted molar refractivity (Wildman–Crippen MR) is 80.2 cm³/mol. The topological polar surface area (TPSA) is 98.8 Å². The maximum Gasteiger partial charge on any atom is 0.328 e. The molecule has 0 aromatic heterocycles. The van der Waals surface area contributed by atoms with Crippen molar-refractivity contribution < 1.29 is 28.7 Å². The Labute approximate surface area is 134 Å². The maximum atomic E-state index is 12.0. The lowest BCUT2D eigenvalue weighted by atomic mass is 9.88. The minimum absolute atomic E-state index is 0.0816. The number of hydrogen-bond acceptors (Lipinski definition) is 7. The highest BCUT2D eigenvalue weighted by Gasteiger charge is 2.44. The van der Waals surface area contributed by atoms with Crippen LogP contribution in [0.5, 0.6) is 0 Å². The van der Waals surface area contributed by atoms with E-state index in [1.165, 1.54) is 21.1 Å². The molecule has 0 spiro atoms. The minimum atomic E-state index is -0.906. The van der Waals surface area contributed by atoms with Gasteiger partial charge in [0.2, 0.25) is 5.91 Å². The monoisotopic (exact) mass is 331 g/mol. The lowest BCUT2D eigenvalue weighted by Gasteiger charge is -2.25. The number of thiol groups is 1. The van der Waals surface area contributed by atoms with Crippen molar-refractivity contribution in [1.29, 1.82) is 0 Å². The molecule has 8 heteroatoms. The van der Waals surface area contributed by atoms with Gasteiger partial charge in [-0.05, 0) is 12.8 Å². The molecule has 0 bridgehead atoms. The number of methoxy groups -OCH3 is 2. The molecule has 0 radical (unpaired) electrons. The van der Waals surface area contributed by atoms with Crippen molar-refractivity contribution in [3.63, 3.8) is 0 Å². The molecule has 1 N–H and O–H groups in total. The molecule has 4 unspecified atom stereocenters. The maximum absolute atomic E-state index is 12.0. The highest BCUT2D eigenvalue weighted by molar-refractivity contribution is 7.81. The Morgan fingerprint density at radius 1 is 1.32 bits per heavy atom. The lowest BCUT2D eigenvalue weighted by Crippen LogP contribution is -2.44. The zero-order valence-electron chi connectivity index (χ0n) is 12.8. The lowest BCUT2D eigenvalue weighted by molar-refractivity contribution is -0.148. The van der Waals surface area contributed by atoms with Crippen molar-refractivity contribution in [2.75, 3.05) is 14.2 Å². The first-order valence-corrected chi connectivity index (χ1v) is 7.47. The molecule has 0 aliphatic heterocycles. The summed E-state index contributed by atoms with van der Waals surface area (Å²) in [7, 11) is 2.48. The molecule has 7 nitrogen and oxygen atoms in total. The predicted octanol–water partition coefficient (Wildman–Crippen LogP) is 0.121. The molecule has 0 saturated heterocycles. The van der Waals surface area contributed by atoms with Gasteiger partial charge in [0.1, 0.15) is 11.8 Å². The van der Waals surface area contributed by atoms with Crippen LogP contribution in [0.4, 0.5) is 0 Å². The second kappa shape index (κ2) is 8.17. The normalized spacial score (nSPS) is 23.5. The molecule has 1 saturated carbocycles. The van der Waals surface area contributed by atoms with Crippen LogP contribution in [0.2, 0.25) is 0 Å². The molecule has 1 aliphatic rings. The van der Waals surface area contributed by atoms with Gasteiger partial charge in [-0.2, -0.15) is 12.6 Å². The fourth-order valence-corrected chi connectivity index (χ4v) is 3.34. The third-order valence-corrected chi connectivity index (χ3v) is 4.30. The quantitative estimate of drug-likeness (QED) is 0.530. The van der Waals surface area contributed by atoms with Gasteiger partial charge in [-0.15, -0.1) is 0 Å². The summed E-state index contributed by atoms with van der Waals surface area (Å²) in [6, 6.07) is -0.906. The van der Waals surface area contributed by atoms with Crippen LogP contribution >= 0.6 is 12.6 Å². The summed E-state index contributed by atoms with van der Waals surface area (Å²) in [5.41, 5.74) is 0. The number of esters is 2. The summed E-state index contributed by atoms with van der Waals surface area (Å²) in [4.78, 5) is 46.7. The van der Waals surface area contributed by atoms with Crippen LogP contribution < -0.4 is 5.32 Å². The first-order chi connectivity index (χ1) is 10.3. The molecule has 1 rings (SSSR count). The molecule has 1 amide bonds. The first kappa shape index (κ1) is 18.5. The highest BCUT2D eigenvalue weighted by Crippen LogP contribution is 2.36. The zero-order chi connectivity index (χ0) is 16.9. The van der Waals surface area contributed by atoms with Crippen molar-refractivity contribution in [1.82, 2.24) is 5.32 Å². The van der Waals surface area contributed by atoms with Crippen LogP contribution in [0.3, 0.4) is 0 Å². The van der Waals surface area contributed by atoms with Gasteiger partial charge in [0.05, 0.1) is 20.1 Å². The molecular formula is C14H21NO6S. The second-order valence-electron chi connectivity index (χ2n) is 5.24.